The predicted octanol–water partition coefficient (Wildman–Crippen LogP) is 2.04. The molecule has 0 radical (unpaired) electrons. The van der Waals surface area contributed by atoms with E-state index < -0.39 is 10.0 Å². The Labute approximate surface area is 109 Å². The van der Waals surface area contributed by atoms with Crippen molar-refractivity contribution in [2.24, 2.45) is 5.92 Å². The molecule has 0 saturated heterocycles. The van der Waals surface area contributed by atoms with Crippen molar-refractivity contribution < 1.29 is 8.42 Å². The van der Waals surface area contributed by atoms with Crippen LogP contribution in [0.2, 0.25) is 0 Å². The molecule has 3 N–H and O–H groups in total. The highest BCUT2D eigenvalue weighted by atomic mass is 32.2. The third-order valence-corrected chi connectivity index (χ3v) is 5.09. The first-order chi connectivity index (χ1) is 8.40. The molecule has 4 nitrogen and oxygen atoms in total. The van der Waals surface area contributed by atoms with E-state index in [0.717, 1.165) is 6.42 Å². The van der Waals surface area contributed by atoms with Crippen molar-refractivity contribution in [1.82, 2.24) is 4.72 Å². The van der Waals surface area contributed by atoms with Crippen LogP contribution in [0.3, 0.4) is 0 Å². The Morgan fingerprint density at radius 2 is 2.11 bits per heavy atom. The Morgan fingerprint density at radius 1 is 1.44 bits per heavy atom. The van der Waals surface area contributed by atoms with Gasteiger partial charge >= 0.3 is 0 Å². The fourth-order valence-electron chi connectivity index (χ4n) is 2.15. The van der Waals surface area contributed by atoms with Crippen molar-refractivity contribution in [2.75, 3.05) is 5.73 Å². The predicted molar refractivity (Wildman–Crippen MR) is 72.7 cm³/mol. The fraction of sp³-hybridized carbons (Fsp3) is 0.538. The van der Waals surface area contributed by atoms with Crippen molar-refractivity contribution in [3.8, 4) is 0 Å². The van der Waals surface area contributed by atoms with Gasteiger partial charge in [-0.25, -0.2) is 13.1 Å². The molecule has 0 amide bonds. The first-order valence-electron chi connectivity index (χ1n) is 6.27. The Kier molecular flexibility index (Phi) is 3.64. The highest BCUT2D eigenvalue weighted by molar-refractivity contribution is 7.89. The third kappa shape index (κ3) is 3.03. The van der Waals surface area contributed by atoms with Gasteiger partial charge in [0.15, 0.2) is 0 Å². The van der Waals surface area contributed by atoms with Crippen molar-refractivity contribution >= 4 is 15.7 Å². The van der Waals surface area contributed by atoms with Crippen LogP contribution in [0.25, 0.3) is 0 Å². The first kappa shape index (κ1) is 13.4. The van der Waals surface area contributed by atoms with E-state index in [9.17, 15) is 8.42 Å². The SMILES string of the molecule is Cc1c(N)cccc1S(=O)(=O)NC(C)CC1CC1. The van der Waals surface area contributed by atoms with Gasteiger partial charge < -0.3 is 5.73 Å². The summed E-state index contributed by atoms with van der Waals surface area (Å²) in [5.74, 6) is 0.699. The lowest BCUT2D eigenvalue weighted by Gasteiger charge is -2.15. The van der Waals surface area contributed by atoms with Gasteiger partial charge in [-0.2, -0.15) is 0 Å². The van der Waals surface area contributed by atoms with Gasteiger partial charge in [0.25, 0.3) is 0 Å². The molecule has 5 heteroatoms. The number of nitrogen functional groups attached to an aromatic ring is 1. The normalized spacial score (nSPS) is 17.7. The fourth-order valence-corrected chi connectivity index (χ4v) is 3.68. The molecule has 0 spiro atoms. The molecule has 1 aromatic carbocycles. The lowest BCUT2D eigenvalue weighted by Crippen LogP contribution is -2.33. The van der Waals surface area contributed by atoms with Gasteiger partial charge in [0, 0.05) is 11.7 Å². The maximum absolute atomic E-state index is 12.3. The maximum Gasteiger partial charge on any atom is 0.241 e. The van der Waals surface area contributed by atoms with Crippen molar-refractivity contribution in [3.05, 3.63) is 23.8 Å². The Morgan fingerprint density at radius 3 is 2.72 bits per heavy atom. The zero-order valence-corrected chi connectivity index (χ0v) is 11.6. The number of rotatable bonds is 5. The molecule has 0 bridgehead atoms. The van der Waals surface area contributed by atoms with Crippen LogP contribution < -0.4 is 10.5 Å². The van der Waals surface area contributed by atoms with Gasteiger partial charge in [0.1, 0.15) is 0 Å². The van der Waals surface area contributed by atoms with Gasteiger partial charge in [0.05, 0.1) is 4.90 Å². The number of benzene rings is 1. The largest absolute Gasteiger partial charge is 0.398 e. The van der Waals surface area contributed by atoms with Crippen LogP contribution in [-0.2, 0) is 10.0 Å². The number of hydrogen-bond acceptors (Lipinski definition) is 3. The van der Waals surface area contributed by atoms with Crippen LogP contribution in [0.5, 0.6) is 0 Å². The smallest absolute Gasteiger partial charge is 0.241 e. The third-order valence-electron chi connectivity index (χ3n) is 3.36. The molecule has 18 heavy (non-hydrogen) atoms. The molecule has 0 aromatic heterocycles. The number of nitrogens with two attached hydrogens (primary N) is 1. The molecule has 1 aromatic rings. The van der Waals surface area contributed by atoms with Crippen molar-refractivity contribution in [1.29, 1.82) is 0 Å². The highest BCUT2D eigenvalue weighted by Gasteiger charge is 2.26. The van der Waals surface area contributed by atoms with E-state index in [0.29, 0.717) is 17.2 Å². The molecule has 1 aliphatic rings. The molecular formula is C13H20N2O2S. The van der Waals surface area contributed by atoms with Gasteiger partial charge in [-0.15, -0.1) is 0 Å². The topological polar surface area (TPSA) is 72.2 Å². The zero-order valence-electron chi connectivity index (χ0n) is 10.8. The molecule has 0 aliphatic heterocycles. The molecule has 0 heterocycles. The van der Waals surface area contributed by atoms with E-state index in [1.165, 1.54) is 12.8 Å². The summed E-state index contributed by atoms with van der Waals surface area (Å²) in [5.41, 5.74) is 6.87. The molecular weight excluding hydrogens is 248 g/mol. The van der Waals surface area contributed by atoms with Crippen LogP contribution in [0.4, 0.5) is 5.69 Å². The second kappa shape index (κ2) is 4.90. The number of hydrogen-bond donors (Lipinski definition) is 2. The quantitative estimate of drug-likeness (QED) is 0.803. The minimum absolute atomic E-state index is 0.0247. The van der Waals surface area contributed by atoms with E-state index in [4.69, 9.17) is 5.73 Å². The summed E-state index contributed by atoms with van der Waals surface area (Å²) in [6, 6.07) is 4.95. The van der Waals surface area contributed by atoms with Crippen LogP contribution in [0.1, 0.15) is 31.7 Å². The number of sulfonamides is 1. The van der Waals surface area contributed by atoms with Crippen LogP contribution >= 0.6 is 0 Å². The zero-order chi connectivity index (χ0) is 13.3. The average Bonchev–Trinajstić information content (AvgIpc) is 3.04. The summed E-state index contributed by atoms with van der Waals surface area (Å²) < 4.78 is 27.2. The summed E-state index contributed by atoms with van der Waals surface area (Å²) in [6.45, 7) is 3.65. The highest BCUT2D eigenvalue weighted by Crippen LogP contribution is 2.33. The summed E-state index contributed by atoms with van der Waals surface area (Å²) in [4.78, 5) is 0.283. The molecule has 1 aliphatic carbocycles. The number of anilines is 1. The Bertz CT molecular complexity index is 536. The summed E-state index contributed by atoms with van der Waals surface area (Å²) in [7, 11) is -3.46. The van der Waals surface area contributed by atoms with Crippen molar-refractivity contribution in [3.63, 3.8) is 0 Å². The van der Waals surface area contributed by atoms with E-state index in [-0.39, 0.29) is 10.9 Å². The molecule has 2 rings (SSSR count). The van der Waals surface area contributed by atoms with E-state index in [1.807, 2.05) is 6.92 Å². The summed E-state index contributed by atoms with van der Waals surface area (Å²) in [6.07, 6.45) is 3.37. The minimum Gasteiger partial charge on any atom is -0.398 e. The van der Waals surface area contributed by atoms with Gasteiger partial charge in [0.2, 0.25) is 10.0 Å². The molecule has 1 saturated carbocycles. The second-order valence-electron chi connectivity index (χ2n) is 5.17. The van der Waals surface area contributed by atoms with Crippen molar-refractivity contribution in [2.45, 2.75) is 44.0 Å². The second-order valence-corrected chi connectivity index (χ2v) is 6.85. The van der Waals surface area contributed by atoms with E-state index >= 15 is 0 Å². The van der Waals surface area contributed by atoms with E-state index in [2.05, 4.69) is 4.72 Å². The first-order valence-corrected chi connectivity index (χ1v) is 7.76. The maximum atomic E-state index is 12.3. The number of nitrogens with one attached hydrogen (secondary N) is 1. The van der Waals surface area contributed by atoms with Crippen LogP contribution in [0, 0.1) is 12.8 Å². The average molecular weight is 268 g/mol. The summed E-state index contributed by atoms with van der Waals surface area (Å²) in [5, 5.41) is 0. The lowest BCUT2D eigenvalue weighted by molar-refractivity contribution is 0.529. The van der Waals surface area contributed by atoms with Crippen LogP contribution in [0.15, 0.2) is 23.1 Å². The van der Waals surface area contributed by atoms with Gasteiger partial charge in [-0.3, -0.25) is 0 Å². The van der Waals surface area contributed by atoms with Gasteiger partial charge in [-0.1, -0.05) is 18.9 Å². The minimum atomic E-state index is -3.46. The molecule has 100 valence electrons. The Balaban J connectivity index is 2.16. The van der Waals surface area contributed by atoms with Gasteiger partial charge in [-0.05, 0) is 43.9 Å². The van der Waals surface area contributed by atoms with E-state index in [1.54, 1.807) is 25.1 Å². The molecule has 1 atom stereocenters. The molecule has 1 fully saturated rings. The Hall–Kier alpha value is -1.07. The lowest BCUT2D eigenvalue weighted by atomic mass is 10.2. The monoisotopic (exact) mass is 268 g/mol. The summed E-state index contributed by atoms with van der Waals surface area (Å²) >= 11 is 0. The standard InChI is InChI=1S/C13H20N2O2S/c1-9(8-11-6-7-11)15-18(16,17)13-5-3-4-12(14)10(13)2/h3-5,9,11,15H,6-8,14H2,1-2H3. The molecule has 1 unspecified atom stereocenters. The van der Waals surface area contributed by atoms with Crippen LogP contribution in [-0.4, -0.2) is 14.5 Å².